The minimum Gasteiger partial charge on any atom is -0.419 e. The Balaban J connectivity index is 2.09. The van der Waals surface area contributed by atoms with Crippen LogP contribution in [0.15, 0.2) is 4.42 Å². The number of carbonyl (C=O) groups is 2. The Bertz CT molecular complexity index is 567. The molecule has 22 heavy (non-hydrogen) atoms. The van der Waals surface area contributed by atoms with Crippen molar-refractivity contribution in [3.63, 3.8) is 0 Å². The number of nitrogens with zero attached hydrogens (tertiary/aromatic N) is 3. The van der Waals surface area contributed by atoms with Crippen molar-refractivity contribution in [2.24, 2.45) is 0 Å². The molecule has 0 aromatic carbocycles. The third-order valence-electron chi connectivity index (χ3n) is 3.38. The maximum atomic E-state index is 13.7. The topological polar surface area (TPSA) is 88.3 Å². The van der Waals surface area contributed by atoms with E-state index in [1.54, 1.807) is 6.92 Å². The van der Waals surface area contributed by atoms with Crippen LogP contribution in [0, 0.1) is 6.92 Å². The maximum absolute atomic E-state index is 13.7. The highest BCUT2D eigenvalue weighted by Gasteiger charge is 2.41. The molecule has 1 unspecified atom stereocenters. The van der Waals surface area contributed by atoms with Gasteiger partial charge in [0.25, 0.3) is 5.89 Å². The summed E-state index contributed by atoms with van der Waals surface area (Å²) in [6.45, 7) is 7.29. The van der Waals surface area contributed by atoms with E-state index in [2.05, 4.69) is 15.5 Å². The third-order valence-corrected chi connectivity index (χ3v) is 3.38. The quantitative estimate of drug-likeness (QED) is 0.831. The van der Waals surface area contributed by atoms with Gasteiger partial charge in [0.15, 0.2) is 0 Å². The van der Waals surface area contributed by atoms with E-state index < -0.39 is 18.0 Å². The fourth-order valence-electron chi connectivity index (χ4n) is 2.29. The van der Waals surface area contributed by atoms with Gasteiger partial charge < -0.3 is 14.6 Å². The lowest BCUT2D eigenvalue weighted by atomic mass is 10.1. The number of halogens is 1. The van der Waals surface area contributed by atoms with Gasteiger partial charge in [0.05, 0.1) is 13.1 Å². The Morgan fingerprint density at radius 2 is 2.09 bits per heavy atom. The minimum absolute atomic E-state index is 0.0402. The molecule has 1 aliphatic rings. The van der Waals surface area contributed by atoms with Crippen LogP contribution < -0.4 is 5.32 Å². The van der Waals surface area contributed by atoms with E-state index in [0.29, 0.717) is 0 Å². The lowest BCUT2D eigenvalue weighted by molar-refractivity contribution is -0.130. The van der Waals surface area contributed by atoms with E-state index in [4.69, 9.17) is 4.42 Å². The van der Waals surface area contributed by atoms with Gasteiger partial charge in [-0.2, -0.15) is 0 Å². The molecule has 2 atom stereocenters. The SMILES string of the molecule is Cc1nnc(C(=O)C2C[C@H](F)CN2C(=O)CNC(C)(C)C)o1. The van der Waals surface area contributed by atoms with Crippen molar-refractivity contribution in [1.82, 2.24) is 20.4 Å². The second-order valence-electron chi connectivity index (χ2n) is 6.49. The lowest BCUT2D eigenvalue weighted by Gasteiger charge is -2.25. The number of hydrogen-bond acceptors (Lipinski definition) is 6. The number of aromatic nitrogens is 2. The summed E-state index contributed by atoms with van der Waals surface area (Å²) in [6, 6.07) is -0.885. The van der Waals surface area contributed by atoms with Crippen molar-refractivity contribution >= 4 is 11.7 Å². The smallest absolute Gasteiger partial charge is 0.286 e. The molecule has 1 saturated heterocycles. The van der Waals surface area contributed by atoms with Crippen molar-refractivity contribution in [3.05, 3.63) is 11.8 Å². The molecule has 0 aliphatic carbocycles. The molecule has 1 N–H and O–H groups in total. The van der Waals surface area contributed by atoms with Crippen LogP contribution in [-0.2, 0) is 4.79 Å². The molecule has 0 saturated carbocycles. The molecule has 1 aromatic rings. The van der Waals surface area contributed by atoms with Crippen molar-refractivity contribution in [1.29, 1.82) is 0 Å². The summed E-state index contributed by atoms with van der Waals surface area (Å²) in [4.78, 5) is 25.9. The van der Waals surface area contributed by atoms with Gasteiger partial charge in [0, 0.05) is 18.9 Å². The summed E-state index contributed by atoms with van der Waals surface area (Å²) in [5.74, 6) is -0.752. The Hall–Kier alpha value is -1.83. The highest BCUT2D eigenvalue weighted by atomic mass is 19.1. The first-order valence-corrected chi connectivity index (χ1v) is 7.20. The minimum atomic E-state index is -1.23. The van der Waals surface area contributed by atoms with Crippen LogP contribution in [-0.4, -0.2) is 57.6 Å². The van der Waals surface area contributed by atoms with Gasteiger partial charge in [-0.3, -0.25) is 9.59 Å². The van der Waals surface area contributed by atoms with Crippen molar-refractivity contribution in [2.75, 3.05) is 13.1 Å². The highest BCUT2D eigenvalue weighted by molar-refractivity contribution is 5.99. The van der Waals surface area contributed by atoms with E-state index in [1.165, 1.54) is 4.90 Å². The lowest BCUT2D eigenvalue weighted by Crippen LogP contribution is -2.48. The summed E-state index contributed by atoms with van der Waals surface area (Å²) in [6.07, 6.45) is -1.27. The predicted molar refractivity (Wildman–Crippen MR) is 76.1 cm³/mol. The van der Waals surface area contributed by atoms with Crippen molar-refractivity contribution < 1.29 is 18.4 Å². The number of hydrogen-bond donors (Lipinski definition) is 1. The van der Waals surface area contributed by atoms with E-state index in [0.717, 1.165) is 0 Å². The summed E-state index contributed by atoms with van der Waals surface area (Å²) in [5, 5.41) is 10.3. The zero-order valence-corrected chi connectivity index (χ0v) is 13.2. The maximum Gasteiger partial charge on any atom is 0.286 e. The zero-order valence-electron chi connectivity index (χ0n) is 13.2. The van der Waals surface area contributed by atoms with Gasteiger partial charge in [0.2, 0.25) is 17.6 Å². The molecule has 2 heterocycles. The molecule has 8 heteroatoms. The van der Waals surface area contributed by atoms with Crippen LogP contribution in [0.25, 0.3) is 0 Å². The number of rotatable bonds is 4. The number of nitrogens with one attached hydrogen (secondary N) is 1. The molecule has 2 rings (SSSR count). The number of likely N-dealkylation sites (tertiary alicyclic amines) is 1. The number of aryl methyl sites for hydroxylation is 1. The Kier molecular flexibility index (Phi) is 4.60. The predicted octanol–water partition coefficient (Wildman–Crippen LogP) is 0.888. The van der Waals surface area contributed by atoms with Crippen LogP contribution in [0.1, 0.15) is 43.8 Å². The first kappa shape index (κ1) is 16.5. The average molecular weight is 312 g/mol. The first-order chi connectivity index (χ1) is 10.2. The second-order valence-corrected chi connectivity index (χ2v) is 6.49. The number of Topliss-reactive ketones (excluding diaryl/α,β-unsaturated/α-hetero) is 1. The van der Waals surface area contributed by atoms with Crippen LogP contribution >= 0.6 is 0 Å². The summed E-state index contributed by atoms with van der Waals surface area (Å²) in [5.41, 5.74) is -0.242. The van der Waals surface area contributed by atoms with Gasteiger partial charge >= 0.3 is 0 Å². The molecule has 122 valence electrons. The molecular weight excluding hydrogens is 291 g/mol. The molecule has 1 fully saturated rings. The van der Waals surface area contributed by atoms with Crippen molar-refractivity contribution in [3.8, 4) is 0 Å². The van der Waals surface area contributed by atoms with Gasteiger partial charge in [0.1, 0.15) is 12.2 Å². The van der Waals surface area contributed by atoms with Crippen LogP contribution in [0.2, 0.25) is 0 Å². The number of ketones is 1. The van der Waals surface area contributed by atoms with Crippen LogP contribution in [0.4, 0.5) is 4.39 Å². The third kappa shape index (κ3) is 3.88. The van der Waals surface area contributed by atoms with E-state index in [-0.39, 0.29) is 42.7 Å². The standard InChI is InChI=1S/C14H21FN4O3/c1-8-17-18-13(22-8)12(21)10-5-9(15)7-19(10)11(20)6-16-14(2,3)4/h9-10,16H,5-7H2,1-4H3/t9-,10?/m0/s1. The number of amides is 1. The zero-order chi connectivity index (χ0) is 16.5. The summed E-state index contributed by atoms with van der Waals surface area (Å²) >= 11 is 0. The van der Waals surface area contributed by atoms with Gasteiger partial charge in [-0.25, -0.2) is 4.39 Å². The largest absolute Gasteiger partial charge is 0.419 e. The Morgan fingerprint density at radius 1 is 1.41 bits per heavy atom. The first-order valence-electron chi connectivity index (χ1n) is 7.20. The van der Waals surface area contributed by atoms with E-state index in [1.807, 2.05) is 20.8 Å². The van der Waals surface area contributed by atoms with Crippen LogP contribution in [0.5, 0.6) is 0 Å². The van der Waals surface area contributed by atoms with Crippen molar-refractivity contribution in [2.45, 2.75) is 51.9 Å². The monoisotopic (exact) mass is 312 g/mol. The van der Waals surface area contributed by atoms with Gasteiger partial charge in [-0.1, -0.05) is 0 Å². The van der Waals surface area contributed by atoms with Gasteiger partial charge in [-0.15, -0.1) is 10.2 Å². The molecule has 0 bridgehead atoms. The molecule has 7 nitrogen and oxygen atoms in total. The molecule has 1 amide bonds. The molecular formula is C14H21FN4O3. The summed E-state index contributed by atoms with van der Waals surface area (Å²) in [7, 11) is 0. The average Bonchev–Trinajstić information content (AvgIpc) is 3.00. The van der Waals surface area contributed by atoms with Crippen LogP contribution in [0.3, 0.4) is 0 Å². The fourth-order valence-corrected chi connectivity index (χ4v) is 2.29. The molecule has 1 aromatic heterocycles. The molecule has 0 spiro atoms. The normalized spacial score (nSPS) is 22.1. The molecule has 0 radical (unpaired) electrons. The van der Waals surface area contributed by atoms with E-state index in [9.17, 15) is 14.0 Å². The molecule has 1 aliphatic heterocycles. The summed E-state index contributed by atoms with van der Waals surface area (Å²) < 4.78 is 18.8. The second kappa shape index (κ2) is 6.12. The fraction of sp³-hybridized carbons (Fsp3) is 0.714. The Labute approximate surface area is 128 Å². The Morgan fingerprint density at radius 3 is 2.64 bits per heavy atom. The number of carbonyl (C=O) groups excluding carboxylic acids is 2. The van der Waals surface area contributed by atoms with E-state index >= 15 is 0 Å². The number of alkyl halides is 1. The van der Waals surface area contributed by atoms with Gasteiger partial charge in [-0.05, 0) is 20.8 Å². The highest BCUT2D eigenvalue weighted by Crippen LogP contribution is 2.23.